The molecule has 0 radical (unpaired) electrons. The Hall–Kier alpha value is -2.10. The first-order chi connectivity index (χ1) is 9.47. The van der Waals surface area contributed by atoms with Crippen LogP contribution in [0.5, 0.6) is 0 Å². The van der Waals surface area contributed by atoms with Crippen LogP contribution in [0.15, 0.2) is 47.8 Å². The van der Waals surface area contributed by atoms with Gasteiger partial charge in [0.2, 0.25) is 0 Å². The van der Waals surface area contributed by atoms with Crippen molar-refractivity contribution in [2.24, 2.45) is 5.92 Å². The van der Waals surface area contributed by atoms with Gasteiger partial charge in [0, 0.05) is 25.3 Å². The normalized spacial score (nSPS) is 22.6. The maximum atomic E-state index is 11.2. The summed E-state index contributed by atoms with van der Waals surface area (Å²) in [5, 5.41) is 0. The molecule has 1 rings (SSSR count). The SMILES string of the molecule is C/C=C/C1=CC(OC(C)=O)C(/C=C/C)C=C1OC(C)=O. The van der Waals surface area contributed by atoms with Crippen LogP contribution in [-0.4, -0.2) is 18.0 Å². The summed E-state index contributed by atoms with van der Waals surface area (Å²) in [6.07, 6.45) is 10.6. The molecule has 1 aliphatic rings. The monoisotopic (exact) mass is 276 g/mol. The summed E-state index contributed by atoms with van der Waals surface area (Å²) in [4.78, 5) is 22.4. The van der Waals surface area contributed by atoms with Crippen LogP contribution in [0.3, 0.4) is 0 Å². The number of hydrogen-bond donors (Lipinski definition) is 0. The van der Waals surface area contributed by atoms with Gasteiger partial charge in [0.1, 0.15) is 11.9 Å². The van der Waals surface area contributed by atoms with E-state index in [0.717, 1.165) is 5.57 Å². The Morgan fingerprint density at radius 2 is 1.80 bits per heavy atom. The minimum absolute atomic E-state index is 0.146. The fraction of sp³-hybridized carbons (Fsp3) is 0.375. The second-order valence-corrected chi connectivity index (χ2v) is 4.42. The highest BCUT2D eigenvalue weighted by atomic mass is 16.5. The number of allylic oxidation sites excluding steroid dienone is 3. The van der Waals surface area contributed by atoms with Gasteiger partial charge in [-0.25, -0.2) is 0 Å². The van der Waals surface area contributed by atoms with Gasteiger partial charge in [-0.3, -0.25) is 9.59 Å². The standard InChI is InChI=1S/C16H20O4/c1-5-7-13-9-16(20-12(4)18)14(8-6-2)10-15(13)19-11(3)17/h5-10,13,15H,1-4H3/b7-5+,8-6+. The van der Waals surface area contributed by atoms with Crippen molar-refractivity contribution < 1.29 is 19.1 Å². The second-order valence-electron chi connectivity index (χ2n) is 4.42. The van der Waals surface area contributed by atoms with E-state index in [1.807, 2.05) is 38.2 Å². The third-order valence-electron chi connectivity index (χ3n) is 2.67. The van der Waals surface area contributed by atoms with Gasteiger partial charge in [-0.1, -0.05) is 24.3 Å². The van der Waals surface area contributed by atoms with Crippen LogP contribution in [0.2, 0.25) is 0 Å². The minimum atomic E-state index is -0.394. The smallest absolute Gasteiger partial charge is 0.308 e. The van der Waals surface area contributed by atoms with E-state index in [4.69, 9.17) is 9.47 Å². The van der Waals surface area contributed by atoms with Gasteiger partial charge in [-0.05, 0) is 26.0 Å². The van der Waals surface area contributed by atoms with Crippen LogP contribution in [0.1, 0.15) is 27.7 Å². The quantitative estimate of drug-likeness (QED) is 0.585. The average molecular weight is 276 g/mol. The second kappa shape index (κ2) is 7.48. The minimum Gasteiger partial charge on any atom is -0.457 e. The van der Waals surface area contributed by atoms with Gasteiger partial charge in [-0.2, -0.15) is 0 Å². The first kappa shape index (κ1) is 16.0. The van der Waals surface area contributed by atoms with Crippen LogP contribution >= 0.6 is 0 Å². The van der Waals surface area contributed by atoms with Crippen molar-refractivity contribution in [3.05, 3.63) is 47.8 Å². The molecular formula is C16H20O4. The topological polar surface area (TPSA) is 52.6 Å². The molecule has 4 nitrogen and oxygen atoms in total. The molecule has 4 heteroatoms. The highest BCUT2D eigenvalue weighted by Gasteiger charge is 2.26. The molecular weight excluding hydrogens is 256 g/mol. The van der Waals surface area contributed by atoms with Gasteiger partial charge in [0.15, 0.2) is 0 Å². The van der Waals surface area contributed by atoms with Crippen molar-refractivity contribution in [3.63, 3.8) is 0 Å². The van der Waals surface area contributed by atoms with E-state index >= 15 is 0 Å². The van der Waals surface area contributed by atoms with E-state index in [2.05, 4.69) is 0 Å². The lowest BCUT2D eigenvalue weighted by Crippen LogP contribution is -2.26. The van der Waals surface area contributed by atoms with Crippen molar-refractivity contribution >= 4 is 11.9 Å². The predicted molar refractivity (Wildman–Crippen MR) is 76.6 cm³/mol. The van der Waals surface area contributed by atoms with Gasteiger partial charge in [-0.15, -0.1) is 0 Å². The molecule has 0 N–H and O–H groups in total. The Labute approximate surface area is 119 Å². The Balaban J connectivity index is 3.13. The van der Waals surface area contributed by atoms with Gasteiger partial charge < -0.3 is 9.47 Å². The molecule has 0 aromatic carbocycles. The Morgan fingerprint density at radius 3 is 2.30 bits per heavy atom. The molecule has 0 saturated heterocycles. The van der Waals surface area contributed by atoms with Crippen molar-refractivity contribution in [3.8, 4) is 0 Å². The lowest BCUT2D eigenvalue weighted by Gasteiger charge is -2.25. The summed E-state index contributed by atoms with van der Waals surface area (Å²) in [7, 11) is 0. The zero-order valence-electron chi connectivity index (χ0n) is 12.3. The maximum absolute atomic E-state index is 11.2. The molecule has 0 aliphatic heterocycles. The molecule has 2 atom stereocenters. The Bertz CT molecular complexity index is 495. The summed E-state index contributed by atoms with van der Waals surface area (Å²) < 4.78 is 10.5. The molecule has 0 fully saturated rings. The molecule has 0 saturated carbocycles. The zero-order chi connectivity index (χ0) is 15.1. The maximum Gasteiger partial charge on any atom is 0.308 e. The average Bonchev–Trinajstić information content (AvgIpc) is 2.33. The molecule has 0 aromatic heterocycles. The summed E-state index contributed by atoms with van der Waals surface area (Å²) in [6, 6.07) is 0. The lowest BCUT2D eigenvalue weighted by molar-refractivity contribution is -0.145. The van der Waals surface area contributed by atoms with E-state index in [1.165, 1.54) is 13.8 Å². The third-order valence-corrected chi connectivity index (χ3v) is 2.67. The number of carbonyl (C=O) groups is 2. The number of ether oxygens (including phenoxy) is 2. The number of hydrogen-bond acceptors (Lipinski definition) is 4. The van der Waals surface area contributed by atoms with Gasteiger partial charge >= 0.3 is 11.9 Å². The molecule has 0 spiro atoms. The molecule has 0 bridgehead atoms. The number of carbonyl (C=O) groups excluding carboxylic acids is 2. The molecule has 0 heterocycles. The van der Waals surface area contributed by atoms with Crippen LogP contribution in [0, 0.1) is 5.92 Å². The van der Waals surface area contributed by atoms with Gasteiger partial charge in [0.25, 0.3) is 0 Å². The summed E-state index contributed by atoms with van der Waals surface area (Å²) in [6.45, 7) is 6.48. The molecule has 108 valence electrons. The molecule has 0 aromatic rings. The summed E-state index contributed by atoms with van der Waals surface area (Å²) in [5.74, 6) is -0.379. The molecule has 0 amide bonds. The van der Waals surface area contributed by atoms with Crippen LogP contribution in [-0.2, 0) is 19.1 Å². The van der Waals surface area contributed by atoms with E-state index in [-0.39, 0.29) is 17.9 Å². The Morgan fingerprint density at radius 1 is 1.10 bits per heavy atom. The van der Waals surface area contributed by atoms with E-state index in [1.54, 1.807) is 12.2 Å². The lowest BCUT2D eigenvalue weighted by atomic mass is 9.91. The number of rotatable bonds is 4. The summed E-state index contributed by atoms with van der Waals surface area (Å²) >= 11 is 0. The third kappa shape index (κ3) is 4.53. The summed E-state index contributed by atoms with van der Waals surface area (Å²) in [5.41, 5.74) is 0.731. The van der Waals surface area contributed by atoms with E-state index < -0.39 is 6.10 Å². The van der Waals surface area contributed by atoms with Crippen molar-refractivity contribution in [2.75, 3.05) is 0 Å². The highest BCUT2D eigenvalue weighted by molar-refractivity contribution is 5.69. The zero-order valence-corrected chi connectivity index (χ0v) is 12.3. The molecule has 2 unspecified atom stereocenters. The van der Waals surface area contributed by atoms with E-state index in [0.29, 0.717) is 5.76 Å². The van der Waals surface area contributed by atoms with Crippen LogP contribution < -0.4 is 0 Å². The van der Waals surface area contributed by atoms with Crippen LogP contribution in [0.4, 0.5) is 0 Å². The highest BCUT2D eigenvalue weighted by Crippen LogP contribution is 2.28. The molecule has 20 heavy (non-hydrogen) atoms. The first-order valence-corrected chi connectivity index (χ1v) is 6.53. The Kier molecular flexibility index (Phi) is 5.97. The molecule has 1 aliphatic carbocycles. The fourth-order valence-corrected chi connectivity index (χ4v) is 1.99. The van der Waals surface area contributed by atoms with Crippen LogP contribution in [0.25, 0.3) is 0 Å². The fourth-order valence-electron chi connectivity index (χ4n) is 1.99. The first-order valence-electron chi connectivity index (χ1n) is 6.53. The largest absolute Gasteiger partial charge is 0.457 e. The predicted octanol–water partition coefficient (Wildman–Crippen LogP) is 3.07. The van der Waals surface area contributed by atoms with Crippen molar-refractivity contribution in [1.82, 2.24) is 0 Å². The van der Waals surface area contributed by atoms with Crippen molar-refractivity contribution in [1.29, 1.82) is 0 Å². The van der Waals surface area contributed by atoms with Gasteiger partial charge in [0.05, 0.1) is 0 Å². The van der Waals surface area contributed by atoms with E-state index in [9.17, 15) is 9.59 Å². The number of esters is 2. The van der Waals surface area contributed by atoms with Crippen molar-refractivity contribution in [2.45, 2.75) is 33.8 Å².